The van der Waals surface area contributed by atoms with Crippen LogP contribution in [0, 0.1) is 5.41 Å². The summed E-state index contributed by atoms with van der Waals surface area (Å²) < 4.78 is 5.77. The lowest BCUT2D eigenvalue weighted by Crippen LogP contribution is -2.16. The number of aromatic nitrogens is 1. The summed E-state index contributed by atoms with van der Waals surface area (Å²) in [6.45, 7) is 7.15. The van der Waals surface area contributed by atoms with E-state index in [0.29, 0.717) is 6.61 Å². The number of hydrogen-bond acceptors (Lipinski definition) is 2. The lowest BCUT2D eigenvalue weighted by molar-refractivity contribution is 0.197. The highest BCUT2D eigenvalue weighted by molar-refractivity contribution is 5.63. The molecule has 1 aromatic heterocycles. The second-order valence-corrected chi connectivity index (χ2v) is 5.62. The van der Waals surface area contributed by atoms with Gasteiger partial charge in [0.25, 0.3) is 0 Å². The molecule has 0 bridgehead atoms. The summed E-state index contributed by atoms with van der Waals surface area (Å²) in [5.41, 5.74) is 2.40. The molecular weight excluding hydrogens is 222 g/mol. The maximum atomic E-state index is 5.77. The van der Waals surface area contributed by atoms with Crippen LogP contribution < -0.4 is 4.74 Å². The van der Waals surface area contributed by atoms with E-state index >= 15 is 0 Å². The molecule has 1 heterocycles. The standard InChI is InChI=1S/C16H19NO/c1-16(2,3)12-18-15-9-14(10-17-11-15)13-7-5-4-6-8-13/h4-11H,12H2,1-3H3. The van der Waals surface area contributed by atoms with Gasteiger partial charge in [0.15, 0.2) is 0 Å². The van der Waals surface area contributed by atoms with Crippen molar-refractivity contribution in [2.45, 2.75) is 20.8 Å². The molecule has 18 heavy (non-hydrogen) atoms. The van der Waals surface area contributed by atoms with Crippen molar-refractivity contribution < 1.29 is 4.74 Å². The minimum atomic E-state index is 0.156. The van der Waals surface area contributed by atoms with E-state index in [1.807, 2.05) is 30.5 Å². The molecular formula is C16H19NO. The molecule has 0 saturated carbocycles. The van der Waals surface area contributed by atoms with Crippen LogP contribution in [0.5, 0.6) is 5.75 Å². The first-order valence-electron chi connectivity index (χ1n) is 6.18. The fourth-order valence-electron chi connectivity index (χ4n) is 1.59. The van der Waals surface area contributed by atoms with Crippen molar-refractivity contribution in [2.75, 3.05) is 6.61 Å². The van der Waals surface area contributed by atoms with Crippen molar-refractivity contribution in [2.24, 2.45) is 5.41 Å². The molecule has 0 radical (unpaired) electrons. The van der Waals surface area contributed by atoms with Crippen LogP contribution in [0.1, 0.15) is 20.8 Å². The SMILES string of the molecule is CC(C)(C)COc1cncc(-c2ccccc2)c1. The third-order valence-electron chi connectivity index (χ3n) is 2.49. The molecule has 0 saturated heterocycles. The number of nitrogens with zero attached hydrogens (tertiary/aromatic N) is 1. The van der Waals surface area contributed by atoms with E-state index in [2.05, 4.69) is 37.9 Å². The van der Waals surface area contributed by atoms with Gasteiger partial charge in [0.05, 0.1) is 12.8 Å². The van der Waals surface area contributed by atoms with Crippen molar-refractivity contribution in [1.82, 2.24) is 4.98 Å². The topological polar surface area (TPSA) is 22.1 Å². The van der Waals surface area contributed by atoms with E-state index in [-0.39, 0.29) is 5.41 Å². The maximum absolute atomic E-state index is 5.77. The van der Waals surface area contributed by atoms with E-state index in [1.54, 1.807) is 6.20 Å². The zero-order chi connectivity index (χ0) is 13.0. The number of pyridine rings is 1. The van der Waals surface area contributed by atoms with E-state index in [4.69, 9.17) is 4.74 Å². The second-order valence-electron chi connectivity index (χ2n) is 5.62. The summed E-state index contributed by atoms with van der Waals surface area (Å²) >= 11 is 0. The molecule has 2 aromatic rings. The molecule has 0 spiro atoms. The fourth-order valence-corrected chi connectivity index (χ4v) is 1.59. The summed E-state index contributed by atoms with van der Waals surface area (Å²) in [5, 5.41) is 0. The molecule has 0 N–H and O–H groups in total. The highest BCUT2D eigenvalue weighted by atomic mass is 16.5. The average molecular weight is 241 g/mol. The molecule has 0 atom stereocenters. The number of benzene rings is 1. The third-order valence-corrected chi connectivity index (χ3v) is 2.49. The molecule has 1 aromatic carbocycles. The van der Waals surface area contributed by atoms with Crippen molar-refractivity contribution in [1.29, 1.82) is 0 Å². The summed E-state index contributed by atoms with van der Waals surface area (Å²) in [7, 11) is 0. The Morgan fingerprint density at radius 1 is 1.00 bits per heavy atom. The minimum absolute atomic E-state index is 0.156. The van der Waals surface area contributed by atoms with Crippen LogP contribution in [0.15, 0.2) is 48.8 Å². The van der Waals surface area contributed by atoms with E-state index in [9.17, 15) is 0 Å². The van der Waals surface area contributed by atoms with Gasteiger partial charge >= 0.3 is 0 Å². The third kappa shape index (κ3) is 3.59. The summed E-state index contributed by atoms with van der Waals surface area (Å²) in [6, 6.07) is 12.2. The van der Waals surface area contributed by atoms with Gasteiger partial charge in [0.2, 0.25) is 0 Å². The first-order chi connectivity index (χ1) is 8.54. The molecule has 94 valence electrons. The Balaban J connectivity index is 2.16. The monoisotopic (exact) mass is 241 g/mol. The lowest BCUT2D eigenvalue weighted by Gasteiger charge is -2.18. The van der Waals surface area contributed by atoms with Crippen molar-refractivity contribution in [3.8, 4) is 16.9 Å². The first kappa shape index (κ1) is 12.6. The maximum Gasteiger partial charge on any atom is 0.138 e. The Hall–Kier alpha value is -1.83. The van der Waals surface area contributed by atoms with E-state index in [0.717, 1.165) is 16.9 Å². The minimum Gasteiger partial charge on any atom is -0.491 e. The molecule has 0 fully saturated rings. The Morgan fingerprint density at radius 2 is 1.72 bits per heavy atom. The molecule has 2 nitrogen and oxygen atoms in total. The van der Waals surface area contributed by atoms with Gasteiger partial charge in [-0.15, -0.1) is 0 Å². The molecule has 2 rings (SSSR count). The Bertz CT molecular complexity index is 500. The molecule has 0 aliphatic heterocycles. The predicted molar refractivity (Wildman–Crippen MR) is 74.6 cm³/mol. The Morgan fingerprint density at radius 3 is 2.39 bits per heavy atom. The molecule has 2 heteroatoms. The Kier molecular flexibility index (Phi) is 3.66. The Labute approximate surface area is 109 Å². The van der Waals surface area contributed by atoms with Gasteiger partial charge in [-0.25, -0.2) is 0 Å². The summed E-state index contributed by atoms with van der Waals surface area (Å²) in [4.78, 5) is 4.24. The van der Waals surface area contributed by atoms with Crippen LogP contribution in [0.2, 0.25) is 0 Å². The number of hydrogen-bond donors (Lipinski definition) is 0. The van der Waals surface area contributed by atoms with Crippen LogP contribution in [-0.2, 0) is 0 Å². The summed E-state index contributed by atoms with van der Waals surface area (Å²) in [6.07, 6.45) is 3.62. The molecule has 0 unspecified atom stereocenters. The van der Waals surface area contributed by atoms with Crippen molar-refractivity contribution in [3.63, 3.8) is 0 Å². The zero-order valence-electron chi connectivity index (χ0n) is 11.2. The van der Waals surface area contributed by atoms with Crippen LogP contribution in [0.4, 0.5) is 0 Å². The highest BCUT2D eigenvalue weighted by Crippen LogP contribution is 2.23. The van der Waals surface area contributed by atoms with Crippen molar-refractivity contribution in [3.05, 3.63) is 48.8 Å². The van der Waals surface area contributed by atoms with Gasteiger partial charge in [-0.2, -0.15) is 0 Å². The fraction of sp³-hybridized carbons (Fsp3) is 0.312. The van der Waals surface area contributed by atoms with Crippen LogP contribution in [0.3, 0.4) is 0 Å². The quantitative estimate of drug-likeness (QED) is 0.804. The smallest absolute Gasteiger partial charge is 0.138 e. The van der Waals surface area contributed by atoms with Gasteiger partial charge in [-0.1, -0.05) is 51.1 Å². The molecule has 0 amide bonds. The van der Waals surface area contributed by atoms with Gasteiger partial charge in [-0.05, 0) is 17.0 Å². The predicted octanol–water partition coefficient (Wildman–Crippen LogP) is 4.17. The second kappa shape index (κ2) is 5.21. The molecule has 0 aliphatic rings. The zero-order valence-corrected chi connectivity index (χ0v) is 11.2. The van der Waals surface area contributed by atoms with E-state index < -0.39 is 0 Å². The highest BCUT2D eigenvalue weighted by Gasteiger charge is 2.11. The largest absolute Gasteiger partial charge is 0.491 e. The van der Waals surface area contributed by atoms with Crippen molar-refractivity contribution >= 4 is 0 Å². The van der Waals surface area contributed by atoms with Crippen LogP contribution in [-0.4, -0.2) is 11.6 Å². The number of rotatable bonds is 3. The van der Waals surface area contributed by atoms with Gasteiger partial charge in [0.1, 0.15) is 5.75 Å². The first-order valence-corrected chi connectivity index (χ1v) is 6.18. The van der Waals surface area contributed by atoms with Crippen LogP contribution >= 0.6 is 0 Å². The average Bonchev–Trinajstić information content (AvgIpc) is 2.37. The normalized spacial score (nSPS) is 11.3. The van der Waals surface area contributed by atoms with Gasteiger partial charge in [-0.3, -0.25) is 4.98 Å². The summed E-state index contributed by atoms with van der Waals surface area (Å²) in [5.74, 6) is 0.825. The lowest BCUT2D eigenvalue weighted by atomic mass is 9.99. The van der Waals surface area contributed by atoms with Gasteiger partial charge < -0.3 is 4.74 Å². The van der Waals surface area contributed by atoms with E-state index in [1.165, 1.54) is 0 Å². The van der Waals surface area contributed by atoms with Gasteiger partial charge in [0, 0.05) is 11.8 Å². The molecule has 0 aliphatic carbocycles. The van der Waals surface area contributed by atoms with Crippen LogP contribution in [0.25, 0.3) is 11.1 Å². The number of ether oxygens (including phenoxy) is 1.